The van der Waals surface area contributed by atoms with Crippen molar-refractivity contribution in [2.24, 2.45) is 0 Å². The number of rotatable bonds is 7. The van der Waals surface area contributed by atoms with Crippen molar-refractivity contribution in [2.75, 3.05) is 19.8 Å². The summed E-state index contributed by atoms with van der Waals surface area (Å²) in [4.78, 5) is 0.147. The van der Waals surface area contributed by atoms with Crippen molar-refractivity contribution in [3.8, 4) is 6.07 Å². The lowest BCUT2D eigenvalue weighted by Crippen LogP contribution is -2.27. The van der Waals surface area contributed by atoms with Gasteiger partial charge in [-0.2, -0.15) is 5.26 Å². The molecule has 0 aliphatic heterocycles. The van der Waals surface area contributed by atoms with Crippen LogP contribution in [-0.2, 0) is 14.8 Å². The van der Waals surface area contributed by atoms with Gasteiger partial charge in [0.2, 0.25) is 10.0 Å². The van der Waals surface area contributed by atoms with Crippen LogP contribution < -0.4 is 4.72 Å². The van der Waals surface area contributed by atoms with Crippen LogP contribution in [0.4, 0.5) is 0 Å². The number of nitrogens with one attached hydrogen (secondary N) is 1. The quantitative estimate of drug-likeness (QED) is 0.613. The minimum Gasteiger partial charge on any atom is -0.376 e. The zero-order valence-corrected chi connectivity index (χ0v) is 12.5. The van der Waals surface area contributed by atoms with E-state index >= 15 is 0 Å². The van der Waals surface area contributed by atoms with Gasteiger partial charge in [0.05, 0.1) is 29.7 Å². The number of hydrogen-bond acceptors (Lipinski definition) is 4. The van der Waals surface area contributed by atoms with E-state index in [2.05, 4.69) is 11.3 Å². The second-order valence-corrected chi connectivity index (χ2v) is 6.26. The summed E-state index contributed by atoms with van der Waals surface area (Å²) in [6, 6.07) is 6.40. The standard InChI is InChI=1S/C14H18N2O3S/c1-11(2)10-19-7-6-16-20(17,18)14-5-4-13(9-15)12(3)8-14/h4-5,8,16H,1,6-7,10H2,2-3H3. The first-order chi connectivity index (χ1) is 9.36. The number of aryl methyl sites for hydroxylation is 1. The smallest absolute Gasteiger partial charge is 0.240 e. The molecule has 0 atom stereocenters. The molecule has 1 N–H and O–H groups in total. The van der Waals surface area contributed by atoms with Crippen LogP contribution in [0.15, 0.2) is 35.2 Å². The summed E-state index contributed by atoms with van der Waals surface area (Å²) in [6.07, 6.45) is 0. The third-order valence-corrected chi connectivity index (χ3v) is 3.97. The molecule has 0 amide bonds. The minimum atomic E-state index is -3.57. The van der Waals surface area contributed by atoms with Gasteiger partial charge in [0.15, 0.2) is 0 Å². The lowest BCUT2D eigenvalue weighted by Gasteiger charge is -2.08. The molecule has 108 valence electrons. The number of nitrogens with zero attached hydrogens (tertiary/aromatic N) is 1. The molecule has 1 aromatic carbocycles. The van der Waals surface area contributed by atoms with Crippen molar-refractivity contribution in [1.29, 1.82) is 5.26 Å². The van der Waals surface area contributed by atoms with Crippen molar-refractivity contribution >= 4 is 10.0 Å². The molecule has 1 rings (SSSR count). The van der Waals surface area contributed by atoms with E-state index in [0.717, 1.165) is 5.57 Å². The van der Waals surface area contributed by atoms with Crippen LogP contribution in [0.25, 0.3) is 0 Å². The largest absolute Gasteiger partial charge is 0.376 e. The highest BCUT2D eigenvalue weighted by Gasteiger charge is 2.14. The first kappa shape index (κ1) is 16.4. The van der Waals surface area contributed by atoms with Gasteiger partial charge in [0, 0.05) is 6.54 Å². The van der Waals surface area contributed by atoms with Gasteiger partial charge in [0.25, 0.3) is 0 Å². The number of ether oxygens (including phenoxy) is 1. The van der Waals surface area contributed by atoms with Crippen molar-refractivity contribution < 1.29 is 13.2 Å². The summed E-state index contributed by atoms with van der Waals surface area (Å²) in [6.45, 7) is 8.11. The number of benzene rings is 1. The molecule has 1 aromatic rings. The van der Waals surface area contributed by atoms with Crippen LogP contribution in [0.3, 0.4) is 0 Å². The summed E-state index contributed by atoms with van der Waals surface area (Å²) in [5.74, 6) is 0. The fraction of sp³-hybridized carbons (Fsp3) is 0.357. The molecule has 0 heterocycles. The second-order valence-electron chi connectivity index (χ2n) is 4.50. The molecule has 6 heteroatoms. The zero-order chi connectivity index (χ0) is 15.2. The Bertz CT molecular complexity index is 630. The Morgan fingerprint density at radius 2 is 2.20 bits per heavy atom. The summed E-state index contributed by atoms with van der Waals surface area (Å²) >= 11 is 0. The summed E-state index contributed by atoms with van der Waals surface area (Å²) in [7, 11) is -3.57. The van der Waals surface area contributed by atoms with E-state index in [1.807, 2.05) is 13.0 Å². The van der Waals surface area contributed by atoms with E-state index < -0.39 is 10.0 Å². The Morgan fingerprint density at radius 1 is 1.50 bits per heavy atom. The maximum absolute atomic E-state index is 12.0. The highest BCUT2D eigenvalue weighted by atomic mass is 32.2. The SMILES string of the molecule is C=C(C)COCCNS(=O)(=O)c1ccc(C#N)c(C)c1. The average Bonchev–Trinajstić information content (AvgIpc) is 2.37. The van der Waals surface area contributed by atoms with Crippen LogP contribution in [0, 0.1) is 18.3 Å². The molecule has 5 nitrogen and oxygen atoms in total. The molecule has 0 aliphatic rings. The summed E-state index contributed by atoms with van der Waals surface area (Å²) in [5.41, 5.74) is 1.98. The number of hydrogen-bond donors (Lipinski definition) is 1. The predicted octanol–water partition coefficient (Wildman–Crippen LogP) is 1.74. The van der Waals surface area contributed by atoms with Gasteiger partial charge >= 0.3 is 0 Å². The lowest BCUT2D eigenvalue weighted by atomic mass is 10.1. The monoisotopic (exact) mass is 294 g/mol. The van der Waals surface area contributed by atoms with Crippen LogP contribution in [0.2, 0.25) is 0 Å². The van der Waals surface area contributed by atoms with Crippen molar-refractivity contribution in [2.45, 2.75) is 18.7 Å². The van der Waals surface area contributed by atoms with Crippen LogP contribution in [0.5, 0.6) is 0 Å². The zero-order valence-electron chi connectivity index (χ0n) is 11.6. The molecule has 0 radical (unpaired) electrons. The van der Waals surface area contributed by atoms with E-state index in [4.69, 9.17) is 10.00 Å². The van der Waals surface area contributed by atoms with Crippen LogP contribution >= 0.6 is 0 Å². The van der Waals surface area contributed by atoms with Gasteiger partial charge in [-0.25, -0.2) is 13.1 Å². The van der Waals surface area contributed by atoms with E-state index in [-0.39, 0.29) is 18.0 Å². The van der Waals surface area contributed by atoms with E-state index in [1.165, 1.54) is 18.2 Å². The Hall–Kier alpha value is -1.68. The van der Waals surface area contributed by atoms with Gasteiger partial charge in [-0.3, -0.25) is 0 Å². The van der Waals surface area contributed by atoms with E-state index in [9.17, 15) is 8.42 Å². The molecule has 0 bridgehead atoms. The van der Waals surface area contributed by atoms with Gasteiger partial charge in [-0.15, -0.1) is 0 Å². The Kier molecular flexibility index (Phi) is 5.89. The van der Waals surface area contributed by atoms with Crippen LogP contribution in [-0.4, -0.2) is 28.2 Å². The highest BCUT2D eigenvalue weighted by molar-refractivity contribution is 7.89. The van der Waals surface area contributed by atoms with Crippen LogP contribution in [0.1, 0.15) is 18.1 Å². The maximum Gasteiger partial charge on any atom is 0.240 e. The first-order valence-corrected chi connectivity index (χ1v) is 7.57. The highest BCUT2D eigenvalue weighted by Crippen LogP contribution is 2.14. The third kappa shape index (κ3) is 4.78. The van der Waals surface area contributed by atoms with Crippen molar-refractivity contribution in [1.82, 2.24) is 4.72 Å². The first-order valence-electron chi connectivity index (χ1n) is 6.09. The molecule has 0 fully saturated rings. The average molecular weight is 294 g/mol. The molecule has 0 saturated carbocycles. The molecular weight excluding hydrogens is 276 g/mol. The summed E-state index contributed by atoms with van der Waals surface area (Å²) < 4.78 is 31.7. The predicted molar refractivity (Wildman–Crippen MR) is 76.7 cm³/mol. The fourth-order valence-electron chi connectivity index (χ4n) is 1.51. The van der Waals surface area contributed by atoms with Crippen molar-refractivity contribution in [3.05, 3.63) is 41.5 Å². The third-order valence-electron chi connectivity index (χ3n) is 2.52. The fourth-order valence-corrected chi connectivity index (χ4v) is 2.60. The molecule has 20 heavy (non-hydrogen) atoms. The number of sulfonamides is 1. The molecule has 0 spiro atoms. The molecule has 0 saturated heterocycles. The maximum atomic E-state index is 12.0. The minimum absolute atomic E-state index is 0.147. The van der Waals surface area contributed by atoms with Gasteiger partial charge < -0.3 is 4.74 Å². The van der Waals surface area contributed by atoms with E-state index in [1.54, 1.807) is 6.92 Å². The van der Waals surface area contributed by atoms with Gasteiger partial charge in [-0.05, 0) is 37.6 Å². The topological polar surface area (TPSA) is 79.2 Å². The van der Waals surface area contributed by atoms with Crippen molar-refractivity contribution in [3.63, 3.8) is 0 Å². The number of nitriles is 1. The second kappa shape index (κ2) is 7.20. The van der Waals surface area contributed by atoms with E-state index in [0.29, 0.717) is 17.7 Å². The normalized spacial score (nSPS) is 11.1. The molecule has 0 aromatic heterocycles. The van der Waals surface area contributed by atoms with Gasteiger partial charge in [0.1, 0.15) is 0 Å². The molecular formula is C14H18N2O3S. The molecule has 0 aliphatic carbocycles. The molecule has 0 unspecified atom stereocenters. The Labute approximate surface area is 119 Å². The lowest BCUT2D eigenvalue weighted by molar-refractivity contribution is 0.162. The Balaban J connectivity index is 2.63. The summed E-state index contributed by atoms with van der Waals surface area (Å²) in [5, 5.41) is 8.82. The Morgan fingerprint density at radius 3 is 2.75 bits per heavy atom. The van der Waals surface area contributed by atoms with Gasteiger partial charge in [-0.1, -0.05) is 12.2 Å².